The average Bonchev–Trinajstić information content (AvgIpc) is 1.47. The van der Waals surface area contributed by atoms with Gasteiger partial charge in [0.2, 0.25) is 0 Å². The molecule has 0 saturated carbocycles. The summed E-state index contributed by atoms with van der Waals surface area (Å²) >= 11 is 6.30. The Kier molecular flexibility index (Phi) is 28.9. The van der Waals surface area contributed by atoms with Crippen LogP contribution < -0.4 is 37.8 Å². The first-order valence-electron chi connectivity index (χ1n) is 45.4. The Morgan fingerprint density at radius 1 is 0.396 bits per heavy atom. The summed E-state index contributed by atoms with van der Waals surface area (Å²) in [5.41, 5.74) is 9.43. The molecule has 12 heterocycles. The maximum absolute atomic E-state index is 14.4. The number of alkyl halides is 1. The highest BCUT2D eigenvalue weighted by molar-refractivity contribution is 7.00. The van der Waals surface area contributed by atoms with Gasteiger partial charge in [-0.1, -0.05) is 236 Å². The van der Waals surface area contributed by atoms with Gasteiger partial charge >= 0.3 is 35.3 Å². The van der Waals surface area contributed by atoms with Gasteiger partial charge in [-0.3, -0.25) is 52.7 Å². The van der Waals surface area contributed by atoms with E-state index in [-0.39, 0.29) is 83.2 Å². The quantitative estimate of drug-likeness (QED) is 0.0432. The molecule has 3 aliphatic rings. The van der Waals surface area contributed by atoms with Gasteiger partial charge in [0.15, 0.2) is 0 Å². The van der Waals surface area contributed by atoms with Crippen molar-refractivity contribution in [3.8, 4) is 0 Å². The fourth-order valence-electron chi connectivity index (χ4n) is 19.8. The van der Waals surface area contributed by atoms with Crippen molar-refractivity contribution in [1.82, 2.24) is 72.4 Å². The predicted molar refractivity (Wildman–Crippen MR) is 529 cm³/mol. The van der Waals surface area contributed by atoms with Gasteiger partial charge in [0, 0.05) is 127 Å². The van der Waals surface area contributed by atoms with Gasteiger partial charge in [-0.2, -0.15) is 0 Å². The number of aromatic nitrogens is 12. The lowest BCUT2D eigenvalue weighted by atomic mass is 10.0. The number of likely N-dealkylation sites (tertiary alicyclic amines) is 3. The summed E-state index contributed by atoms with van der Waals surface area (Å²) in [7, 11) is -1.34. The average molecular weight is 1860 g/mol. The summed E-state index contributed by atoms with van der Waals surface area (Å²) in [5.74, 6) is 0.365. The molecule has 0 radical (unpaired) electrons. The first-order chi connectivity index (χ1) is 65.0. The molecule has 2 N–H and O–H groups in total. The summed E-state index contributed by atoms with van der Waals surface area (Å²) in [6, 6.07) is 72.6. The number of fused-ring (bicyclic) bond motifs is 6. The Hall–Kier alpha value is -13.6. The number of methoxy groups -OCH3 is 3. The molecule has 3 amide bonds. The number of carbonyl (C=O) groups excluding carboxylic acids is 3. The number of amides is 3. The molecule has 690 valence electrons. The van der Waals surface area contributed by atoms with Gasteiger partial charge in [0.25, 0.3) is 16.6 Å². The number of imidazole rings is 3. The number of H-pyrrole nitrogens is 1. The van der Waals surface area contributed by atoms with Crippen molar-refractivity contribution < 1.29 is 42.6 Å². The Morgan fingerprint density at radius 2 is 0.709 bits per heavy atom. The second-order valence-electron chi connectivity index (χ2n) is 36.0. The van der Waals surface area contributed by atoms with Gasteiger partial charge in [-0.25, -0.2) is 28.8 Å². The number of aromatic amines is 1. The molecule has 9 aromatic heterocycles. The largest absolute Gasteiger partial charge is 0.453 e. The molecule has 30 heteroatoms. The number of rotatable bonds is 19. The molecule has 134 heavy (non-hydrogen) atoms. The topological polar surface area (TPSA) is 296 Å². The number of carbonyl (C=O) groups is 3. The molecule has 7 aromatic carbocycles. The van der Waals surface area contributed by atoms with Gasteiger partial charge in [0.1, 0.15) is 0 Å². The van der Waals surface area contributed by atoms with Crippen LogP contribution in [0, 0.1) is 0 Å². The number of aliphatic hydroxyl groups excluding tert-OH is 1. The minimum atomic E-state index is -2.87. The summed E-state index contributed by atoms with van der Waals surface area (Å²) in [4.78, 5) is 110. The summed E-state index contributed by atoms with van der Waals surface area (Å²) in [6.45, 7) is 18.2. The molecule has 0 aliphatic carbocycles. The van der Waals surface area contributed by atoms with E-state index in [0.717, 1.165) is 106 Å². The highest BCUT2D eigenvalue weighted by Gasteiger charge is 2.52. The van der Waals surface area contributed by atoms with Gasteiger partial charge in [-0.05, 0) is 104 Å². The zero-order chi connectivity index (χ0) is 93.8. The zero-order valence-electron chi connectivity index (χ0n) is 76.9. The van der Waals surface area contributed by atoms with E-state index in [4.69, 9.17) is 39.6 Å². The molecular formula is C104H112ClN15O12Si2. The van der Waals surface area contributed by atoms with Crippen molar-refractivity contribution in [3.63, 3.8) is 0 Å². The number of nitrogens with zero attached hydrogens (tertiary/aromatic N) is 14. The summed E-state index contributed by atoms with van der Waals surface area (Å²) < 4.78 is 38.0. The number of aliphatic hydroxyl groups is 1. The van der Waals surface area contributed by atoms with Crippen molar-refractivity contribution in [2.75, 3.05) is 60.6 Å². The first kappa shape index (κ1) is 93.7. The smallest absolute Gasteiger partial charge is 0.409 e. The van der Waals surface area contributed by atoms with Crippen LogP contribution in [0.3, 0.4) is 0 Å². The van der Waals surface area contributed by atoms with Crippen LogP contribution >= 0.6 is 11.6 Å². The lowest BCUT2D eigenvalue weighted by Gasteiger charge is -2.43. The summed E-state index contributed by atoms with van der Waals surface area (Å²) in [5, 5.41) is 21.0. The highest BCUT2D eigenvalue weighted by atomic mass is 35.5. The van der Waals surface area contributed by atoms with E-state index in [2.05, 4.69) is 223 Å². The monoisotopic (exact) mass is 1850 g/mol. The Morgan fingerprint density at radius 3 is 1.06 bits per heavy atom. The summed E-state index contributed by atoms with van der Waals surface area (Å²) in [6.07, 6.45) is 18.9. The van der Waals surface area contributed by atoms with Crippen LogP contribution in [0.5, 0.6) is 0 Å². The number of hydrogen-bond acceptors (Lipinski definition) is 18. The first-order valence-corrected chi connectivity index (χ1v) is 49.7. The van der Waals surface area contributed by atoms with Crippen LogP contribution in [0.4, 0.5) is 14.4 Å². The molecule has 0 unspecified atom stereocenters. The number of nitrogens with one attached hydrogen (secondary N) is 1. The minimum Gasteiger partial charge on any atom is -0.453 e. The van der Waals surface area contributed by atoms with Crippen LogP contribution in [0.1, 0.15) is 132 Å². The molecule has 0 spiro atoms. The highest BCUT2D eigenvalue weighted by Crippen LogP contribution is 2.41. The number of pyridine rings is 6. The van der Waals surface area contributed by atoms with Gasteiger partial charge in [-0.15, -0.1) is 11.6 Å². The van der Waals surface area contributed by atoms with E-state index in [0.29, 0.717) is 89.7 Å². The fourth-order valence-corrected chi connectivity index (χ4v) is 29.0. The standard InChI is InChI=1S/C40H43N5O4Si.C27H28ClNOSi.C24H25N5O4.C13H16N4O3/c1-40(2,3)50(31-14-7-5-8-15-31,32-16-9-6-10-17-32)49-28-34-33-18-12-11-13-29(33)25-42-35(34)27-44-37-26-41-22-19-36(37)45(38(44)46)30-20-23-43(24-21-30)39(47)48-4;1-27(2,3)31(22-13-6-4-7-14-22,23-15-8-5-9-16-23)30-20-25-24-17-11-10-12-21(24)19-29-26(25)18-28;1-33-24(32)27-10-7-17(8-11-27)29-21-6-9-25-13-22(21)28(23(29)31)14-20-19(15-30)18-5-3-2-4-16(18)12-26-20;1-20-13(19)16-6-3-9(4-7-16)17-11-2-5-14-8-10(11)15-12(17)18/h5-19,22,25-26,30H,20-21,23-24,27-28H2,1-4H3;4-17,19H,18,20H2,1-3H3;2-6,9,12-13,17,30H,7-8,10-11,14-15H2,1H3;2,5,8-9H,3-4,6-7H2,1H3,(H,15,18). The molecule has 0 atom stereocenters. The number of halogens is 1. The maximum Gasteiger partial charge on any atom is 0.409 e. The van der Waals surface area contributed by atoms with E-state index < -0.39 is 16.6 Å². The van der Waals surface area contributed by atoms with Crippen LogP contribution in [0.15, 0.2) is 282 Å². The SMILES string of the molecule is CC(C)(C)[Si](OCc1c(CCl)ncc2ccccc12)(c1ccccc1)c1ccccc1.COC(=O)N1CCC(n2c(=O)[nH]c3cnccc32)CC1.COC(=O)N1CCC(n2c(=O)n(Cc3ncc4ccccc4c3CO)c3cnccc32)CC1.COC(=O)N1CCC(n2c(=O)n(Cc3ncc4ccccc4c3CO[Si](c3ccccc3)(c3ccccc3)C(C)(C)C)c3cnccc32)CC1. The molecule has 0 bridgehead atoms. The third kappa shape index (κ3) is 19.0. The van der Waals surface area contributed by atoms with Crippen molar-refractivity contribution in [2.24, 2.45) is 0 Å². The van der Waals surface area contributed by atoms with E-state index in [1.165, 1.54) is 42.1 Å². The number of ether oxygens (including phenoxy) is 3. The van der Waals surface area contributed by atoms with Gasteiger partial charge in [0.05, 0.1) is 129 Å². The molecule has 19 rings (SSSR count). The van der Waals surface area contributed by atoms with Crippen molar-refractivity contribution in [1.29, 1.82) is 0 Å². The number of hydrogen-bond donors (Lipinski definition) is 2. The Balaban J connectivity index is 0.000000136. The molecule has 27 nitrogen and oxygen atoms in total. The van der Waals surface area contributed by atoms with E-state index in [9.17, 15) is 33.9 Å². The van der Waals surface area contributed by atoms with Crippen LogP contribution in [0.2, 0.25) is 10.1 Å². The zero-order valence-corrected chi connectivity index (χ0v) is 79.7. The maximum atomic E-state index is 14.4. The fraction of sp³-hybridized carbons (Fsp3) is 0.308. The van der Waals surface area contributed by atoms with Crippen molar-refractivity contribution in [3.05, 3.63) is 333 Å². The van der Waals surface area contributed by atoms with Crippen molar-refractivity contribution in [2.45, 2.75) is 147 Å². The van der Waals surface area contributed by atoms with E-state index in [1.54, 1.807) is 71.8 Å². The minimum absolute atomic E-state index is 0.0357. The molecule has 16 aromatic rings. The van der Waals surface area contributed by atoms with E-state index in [1.807, 2.05) is 82.2 Å². The third-order valence-corrected chi connectivity index (χ3v) is 36.6. The van der Waals surface area contributed by atoms with Crippen LogP contribution in [0.25, 0.3) is 65.4 Å². The Bertz CT molecular complexity index is 6940. The molecule has 3 saturated heterocycles. The van der Waals surface area contributed by atoms with Crippen LogP contribution in [-0.2, 0) is 61.9 Å². The lowest BCUT2D eigenvalue weighted by Crippen LogP contribution is -2.66. The second kappa shape index (κ2) is 41.3. The number of benzene rings is 7. The molecule has 3 fully saturated rings. The van der Waals surface area contributed by atoms with Gasteiger partial charge < -0.3 is 47.9 Å². The third-order valence-electron chi connectivity index (χ3n) is 26.4. The number of piperidine rings is 3. The molecule has 3 aliphatic heterocycles. The normalized spacial score (nSPS) is 14.3. The Labute approximate surface area is 783 Å². The lowest BCUT2D eigenvalue weighted by molar-refractivity contribution is 0.106. The van der Waals surface area contributed by atoms with E-state index >= 15 is 0 Å². The second-order valence-corrected chi connectivity index (χ2v) is 44.9. The molecular weight excluding hydrogens is 1740 g/mol. The van der Waals surface area contributed by atoms with Crippen LogP contribution in [-0.4, -0.2) is 173 Å². The van der Waals surface area contributed by atoms with Crippen molar-refractivity contribution >= 4 is 133 Å². The predicted octanol–water partition coefficient (Wildman–Crippen LogP) is 16.1.